The maximum atomic E-state index is 4.58. The molecule has 0 bridgehead atoms. The standard InChI is InChI=1S/C16H19N3S/c1-3-14-11-16(18-12(2)17-14)19-8-6-13(7-9-19)15-5-4-10-20-15/h4-6,10-11H,3,7-9H2,1-2H3. The fraction of sp³-hybridized carbons (Fsp3) is 0.375. The molecule has 0 saturated heterocycles. The highest BCUT2D eigenvalue weighted by molar-refractivity contribution is 7.11. The zero-order chi connectivity index (χ0) is 13.9. The van der Waals surface area contributed by atoms with Crippen molar-refractivity contribution >= 4 is 22.7 Å². The third-order valence-electron chi connectivity index (χ3n) is 3.61. The second-order valence-electron chi connectivity index (χ2n) is 5.02. The molecule has 0 atom stereocenters. The molecular formula is C16H19N3S. The number of hydrogen-bond acceptors (Lipinski definition) is 4. The maximum absolute atomic E-state index is 4.58. The Morgan fingerprint density at radius 3 is 2.90 bits per heavy atom. The number of nitrogens with zero attached hydrogens (tertiary/aromatic N) is 3. The van der Waals surface area contributed by atoms with Crippen LogP contribution in [0.25, 0.3) is 5.57 Å². The number of aryl methyl sites for hydroxylation is 2. The van der Waals surface area contributed by atoms with E-state index in [0.29, 0.717) is 0 Å². The van der Waals surface area contributed by atoms with Gasteiger partial charge in [0.05, 0.1) is 0 Å². The highest BCUT2D eigenvalue weighted by atomic mass is 32.1. The van der Waals surface area contributed by atoms with Gasteiger partial charge in [-0.15, -0.1) is 11.3 Å². The highest BCUT2D eigenvalue weighted by Gasteiger charge is 2.15. The van der Waals surface area contributed by atoms with Crippen molar-refractivity contribution in [3.8, 4) is 0 Å². The first-order chi connectivity index (χ1) is 9.76. The summed E-state index contributed by atoms with van der Waals surface area (Å²) in [7, 11) is 0. The summed E-state index contributed by atoms with van der Waals surface area (Å²) < 4.78 is 0. The lowest BCUT2D eigenvalue weighted by Crippen LogP contribution is -2.29. The summed E-state index contributed by atoms with van der Waals surface area (Å²) in [4.78, 5) is 12.8. The maximum Gasteiger partial charge on any atom is 0.132 e. The van der Waals surface area contributed by atoms with Crippen LogP contribution in [0.15, 0.2) is 29.7 Å². The van der Waals surface area contributed by atoms with Crippen molar-refractivity contribution in [3.05, 3.63) is 46.1 Å². The van der Waals surface area contributed by atoms with Gasteiger partial charge in [-0.05, 0) is 36.8 Å². The fourth-order valence-electron chi connectivity index (χ4n) is 2.52. The van der Waals surface area contributed by atoms with E-state index in [0.717, 1.165) is 43.3 Å². The molecule has 20 heavy (non-hydrogen) atoms. The molecule has 0 spiro atoms. The van der Waals surface area contributed by atoms with Gasteiger partial charge in [0.15, 0.2) is 0 Å². The Morgan fingerprint density at radius 1 is 1.35 bits per heavy atom. The van der Waals surface area contributed by atoms with E-state index in [1.807, 2.05) is 18.3 Å². The van der Waals surface area contributed by atoms with Crippen molar-refractivity contribution in [1.82, 2.24) is 9.97 Å². The van der Waals surface area contributed by atoms with E-state index in [1.165, 1.54) is 10.5 Å². The lowest BCUT2D eigenvalue weighted by atomic mass is 10.1. The number of rotatable bonds is 3. The third-order valence-corrected chi connectivity index (χ3v) is 4.56. The van der Waals surface area contributed by atoms with Crippen LogP contribution in [0.1, 0.15) is 29.7 Å². The second kappa shape index (κ2) is 5.75. The van der Waals surface area contributed by atoms with Gasteiger partial charge in [0.2, 0.25) is 0 Å². The van der Waals surface area contributed by atoms with Gasteiger partial charge in [-0.25, -0.2) is 9.97 Å². The smallest absolute Gasteiger partial charge is 0.132 e. The number of anilines is 1. The second-order valence-corrected chi connectivity index (χ2v) is 5.97. The summed E-state index contributed by atoms with van der Waals surface area (Å²) in [5.74, 6) is 1.93. The fourth-order valence-corrected chi connectivity index (χ4v) is 3.32. The van der Waals surface area contributed by atoms with Crippen molar-refractivity contribution in [2.24, 2.45) is 0 Å². The van der Waals surface area contributed by atoms with Crippen LogP contribution >= 0.6 is 11.3 Å². The Morgan fingerprint density at radius 2 is 2.25 bits per heavy atom. The van der Waals surface area contributed by atoms with Crippen LogP contribution in [0.4, 0.5) is 5.82 Å². The summed E-state index contributed by atoms with van der Waals surface area (Å²) in [6.07, 6.45) is 4.38. The molecule has 0 aromatic carbocycles. The molecule has 4 heteroatoms. The molecule has 104 valence electrons. The Hall–Kier alpha value is -1.68. The van der Waals surface area contributed by atoms with Gasteiger partial charge in [-0.2, -0.15) is 0 Å². The Kier molecular flexibility index (Phi) is 3.83. The molecular weight excluding hydrogens is 266 g/mol. The lowest BCUT2D eigenvalue weighted by Gasteiger charge is -2.27. The van der Waals surface area contributed by atoms with E-state index in [4.69, 9.17) is 0 Å². The predicted molar refractivity (Wildman–Crippen MR) is 85.3 cm³/mol. The van der Waals surface area contributed by atoms with Crippen LogP contribution in [-0.4, -0.2) is 23.1 Å². The van der Waals surface area contributed by atoms with Gasteiger partial charge in [0.25, 0.3) is 0 Å². The average Bonchev–Trinajstić information content (AvgIpc) is 3.01. The molecule has 0 aliphatic carbocycles. The molecule has 1 aliphatic heterocycles. The van der Waals surface area contributed by atoms with Crippen LogP contribution in [0.3, 0.4) is 0 Å². The minimum atomic E-state index is 0.868. The Balaban J connectivity index is 1.79. The minimum Gasteiger partial charge on any atom is -0.352 e. The molecule has 0 saturated carbocycles. The molecule has 0 amide bonds. The van der Waals surface area contributed by atoms with Crippen LogP contribution in [0.2, 0.25) is 0 Å². The largest absolute Gasteiger partial charge is 0.352 e. The van der Waals surface area contributed by atoms with Gasteiger partial charge < -0.3 is 4.90 Å². The van der Waals surface area contributed by atoms with Crippen molar-refractivity contribution < 1.29 is 0 Å². The molecule has 0 N–H and O–H groups in total. The topological polar surface area (TPSA) is 29.0 Å². The first-order valence-corrected chi connectivity index (χ1v) is 7.96. The summed E-state index contributed by atoms with van der Waals surface area (Å²) in [5.41, 5.74) is 2.60. The van der Waals surface area contributed by atoms with Crippen LogP contribution in [-0.2, 0) is 6.42 Å². The quantitative estimate of drug-likeness (QED) is 0.861. The molecule has 0 unspecified atom stereocenters. The van der Waals surface area contributed by atoms with E-state index in [9.17, 15) is 0 Å². The normalized spacial score (nSPS) is 15.3. The van der Waals surface area contributed by atoms with Gasteiger partial charge in [0, 0.05) is 29.7 Å². The van der Waals surface area contributed by atoms with Crippen molar-refractivity contribution in [3.63, 3.8) is 0 Å². The molecule has 0 radical (unpaired) electrons. The van der Waals surface area contributed by atoms with Gasteiger partial charge in [0.1, 0.15) is 11.6 Å². The zero-order valence-corrected chi connectivity index (χ0v) is 12.8. The number of hydrogen-bond donors (Lipinski definition) is 0. The SMILES string of the molecule is CCc1cc(N2CC=C(c3cccs3)CC2)nc(C)n1. The molecule has 1 aliphatic rings. The van der Waals surface area contributed by atoms with Crippen molar-refractivity contribution in [2.75, 3.05) is 18.0 Å². The van der Waals surface area contributed by atoms with Crippen LogP contribution in [0, 0.1) is 6.92 Å². The third kappa shape index (κ3) is 2.75. The summed E-state index contributed by atoms with van der Waals surface area (Å²) >= 11 is 1.82. The number of thiophene rings is 1. The molecule has 0 fully saturated rings. The molecule has 2 aromatic heterocycles. The van der Waals surface area contributed by atoms with Crippen LogP contribution in [0.5, 0.6) is 0 Å². The van der Waals surface area contributed by atoms with E-state index < -0.39 is 0 Å². The summed E-state index contributed by atoms with van der Waals surface area (Å²) in [5, 5.41) is 2.14. The van der Waals surface area contributed by atoms with Crippen LogP contribution < -0.4 is 4.90 Å². The lowest BCUT2D eigenvalue weighted by molar-refractivity contribution is 0.802. The van der Waals surface area contributed by atoms with Gasteiger partial charge in [-0.1, -0.05) is 19.1 Å². The molecule has 3 rings (SSSR count). The molecule has 3 heterocycles. The molecule has 2 aromatic rings. The van der Waals surface area contributed by atoms with Gasteiger partial charge >= 0.3 is 0 Å². The Labute approximate surface area is 124 Å². The predicted octanol–water partition coefficient (Wildman–Crippen LogP) is 3.70. The minimum absolute atomic E-state index is 0.868. The monoisotopic (exact) mass is 285 g/mol. The van der Waals surface area contributed by atoms with E-state index in [2.05, 4.69) is 51.4 Å². The van der Waals surface area contributed by atoms with E-state index in [1.54, 1.807) is 0 Å². The van der Waals surface area contributed by atoms with Crippen molar-refractivity contribution in [2.45, 2.75) is 26.7 Å². The summed E-state index contributed by atoms with van der Waals surface area (Å²) in [6, 6.07) is 6.45. The number of aromatic nitrogens is 2. The molecule has 3 nitrogen and oxygen atoms in total. The Bertz CT molecular complexity index is 617. The first kappa shape index (κ1) is 13.3. The van der Waals surface area contributed by atoms with E-state index in [-0.39, 0.29) is 0 Å². The van der Waals surface area contributed by atoms with Crippen molar-refractivity contribution in [1.29, 1.82) is 0 Å². The summed E-state index contributed by atoms with van der Waals surface area (Å²) in [6.45, 7) is 6.08. The average molecular weight is 285 g/mol. The zero-order valence-electron chi connectivity index (χ0n) is 12.0. The highest BCUT2D eigenvalue weighted by Crippen LogP contribution is 2.27. The van der Waals surface area contributed by atoms with E-state index >= 15 is 0 Å². The van der Waals surface area contributed by atoms with Gasteiger partial charge in [-0.3, -0.25) is 0 Å². The first-order valence-electron chi connectivity index (χ1n) is 7.08.